The number of carbonyl (C=O) groups excluding carboxylic acids is 2. The first kappa shape index (κ1) is 56.7. The molecule has 396 valence electrons. The van der Waals surface area contributed by atoms with Crippen molar-refractivity contribution in [1.29, 1.82) is 0 Å². The Bertz CT molecular complexity index is 2530. The summed E-state index contributed by atoms with van der Waals surface area (Å²) in [7, 11) is 0. The van der Waals surface area contributed by atoms with E-state index in [9.17, 15) is 9.59 Å². The Labute approximate surface area is 456 Å². The molecule has 1 aliphatic rings. The van der Waals surface area contributed by atoms with E-state index in [4.69, 9.17) is 9.47 Å². The molecule has 6 aromatic rings. The van der Waals surface area contributed by atoms with Crippen LogP contribution in [-0.2, 0) is 9.59 Å². The van der Waals surface area contributed by atoms with Crippen LogP contribution in [0, 0.1) is 35.5 Å². The standard InChI is InChI=1S/C70H82N2O4/c1-3-5-7-9-11-13-15-17-19-27-53-75-63-49-41-59(42-50-63)65-67(69(73)71-61-45-37-57(38-46-61)35-33-55-29-23-21-24-30-55)66(60-43-51-64(52-44-60)76-54-28-20-18-16-14-12-10-8-6-4-2)68(65)70(74)72-62-47-39-58(40-48-62)36-34-56-31-25-22-26-32-56/h21-26,29-32,37-52,65-68H,3-20,27-28,53-54H2,1-2H3,(H,71,73)(H,72,74). The topological polar surface area (TPSA) is 76.7 Å². The van der Waals surface area contributed by atoms with Crippen molar-refractivity contribution in [3.63, 3.8) is 0 Å². The van der Waals surface area contributed by atoms with Gasteiger partial charge in [0.25, 0.3) is 0 Å². The highest BCUT2D eigenvalue weighted by Crippen LogP contribution is 2.58. The summed E-state index contributed by atoms with van der Waals surface area (Å²) in [6.45, 7) is 5.84. The minimum Gasteiger partial charge on any atom is -0.494 e. The third-order valence-corrected chi connectivity index (χ3v) is 14.8. The van der Waals surface area contributed by atoms with Gasteiger partial charge in [-0.2, -0.15) is 0 Å². The highest BCUT2D eigenvalue weighted by atomic mass is 16.5. The van der Waals surface area contributed by atoms with Crippen LogP contribution >= 0.6 is 0 Å². The van der Waals surface area contributed by atoms with Gasteiger partial charge < -0.3 is 20.1 Å². The minimum absolute atomic E-state index is 0.147. The lowest BCUT2D eigenvalue weighted by atomic mass is 9.52. The highest BCUT2D eigenvalue weighted by Gasteiger charge is 2.58. The van der Waals surface area contributed by atoms with Crippen LogP contribution in [0.3, 0.4) is 0 Å². The molecule has 0 atom stereocenters. The average molecular weight is 1020 g/mol. The summed E-state index contributed by atoms with van der Waals surface area (Å²) in [5.74, 6) is 12.2. The maximum atomic E-state index is 14.9. The second kappa shape index (κ2) is 32.4. The molecule has 2 N–H and O–H groups in total. The van der Waals surface area contributed by atoms with Crippen molar-refractivity contribution in [2.75, 3.05) is 23.8 Å². The normalized spacial score (nSPS) is 15.5. The van der Waals surface area contributed by atoms with Crippen LogP contribution in [0.1, 0.15) is 187 Å². The molecule has 0 spiro atoms. The number of hydrogen-bond donors (Lipinski definition) is 2. The molecule has 1 fully saturated rings. The SMILES string of the molecule is CCCCCCCCCCCCOc1ccc(C2C(C(=O)Nc3ccc(C#Cc4ccccc4)cc3)C(c3ccc(OCCCCCCCCCCCC)cc3)C2C(=O)Nc2ccc(C#Cc3ccccc3)cc2)cc1. The zero-order chi connectivity index (χ0) is 52.8. The van der Waals surface area contributed by atoms with Gasteiger partial charge in [0.2, 0.25) is 11.8 Å². The van der Waals surface area contributed by atoms with Crippen molar-refractivity contribution in [2.24, 2.45) is 11.8 Å². The van der Waals surface area contributed by atoms with Crippen molar-refractivity contribution in [3.05, 3.63) is 191 Å². The fourth-order valence-electron chi connectivity index (χ4n) is 10.4. The van der Waals surface area contributed by atoms with E-state index in [-0.39, 0.29) is 11.8 Å². The molecule has 1 aliphatic carbocycles. The van der Waals surface area contributed by atoms with E-state index in [1.54, 1.807) is 0 Å². The number of ether oxygens (including phenoxy) is 2. The van der Waals surface area contributed by atoms with Crippen LogP contribution < -0.4 is 20.1 Å². The first-order valence-corrected chi connectivity index (χ1v) is 28.9. The molecule has 0 unspecified atom stereocenters. The Morgan fingerprint density at radius 3 is 0.961 bits per heavy atom. The van der Waals surface area contributed by atoms with E-state index in [1.165, 1.54) is 103 Å². The van der Waals surface area contributed by atoms with Crippen molar-refractivity contribution in [3.8, 4) is 35.2 Å². The van der Waals surface area contributed by atoms with Gasteiger partial charge in [0.1, 0.15) is 11.5 Å². The fraction of sp³-hybridized carbons (Fsp3) is 0.400. The van der Waals surface area contributed by atoms with Gasteiger partial charge in [0.05, 0.1) is 25.0 Å². The largest absolute Gasteiger partial charge is 0.494 e. The molecule has 0 saturated heterocycles. The van der Waals surface area contributed by atoms with Gasteiger partial charge >= 0.3 is 0 Å². The first-order valence-electron chi connectivity index (χ1n) is 28.9. The summed E-state index contributed by atoms with van der Waals surface area (Å²) in [6.07, 6.45) is 25.4. The lowest BCUT2D eigenvalue weighted by Gasteiger charge is -2.50. The van der Waals surface area contributed by atoms with Crippen molar-refractivity contribution < 1.29 is 19.1 Å². The van der Waals surface area contributed by atoms with Crippen molar-refractivity contribution >= 4 is 23.2 Å². The van der Waals surface area contributed by atoms with Gasteiger partial charge in [-0.05, 0) is 121 Å². The van der Waals surface area contributed by atoms with Crippen LogP contribution in [-0.4, -0.2) is 25.0 Å². The number of unbranched alkanes of at least 4 members (excludes halogenated alkanes) is 18. The van der Waals surface area contributed by atoms with Crippen LogP contribution in [0.15, 0.2) is 158 Å². The molecule has 6 heteroatoms. The van der Waals surface area contributed by atoms with Crippen molar-refractivity contribution in [1.82, 2.24) is 0 Å². The number of rotatable bonds is 30. The highest BCUT2D eigenvalue weighted by molar-refractivity contribution is 6.01. The third-order valence-electron chi connectivity index (χ3n) is 14.8. The zero-order valence-corrected chi connectivity index (χ0v) is 45.5. The van der Waals surface area contributed by atoms with E-state index in [0.717, 1.165) is 70.6 Å². The minimum atomic E-state index is -0.569. The fourth-order valence-corrected chi connectivity index (χ4v) is 10.4. The zero-order valence-electron chi connectivity index (χ0n) is 45.5. The molecule has 7 rings (SSSR count). The predicted octanol–water partition coefficient (Wildman–Crippen LogP) is 17.5. The Morgan fingerprint density at radius 2 is 0.645 bits per heavy atom. The monoisotopic (exact) mass is 1010 g/mol. The number of nitrogens with one attached hydrogen (secondary N) is 2. The summed E-state index contributed by atoms with van der Waals surface area (Å²) in [6, 6.07) is 51.3. The van der Waals surface area contributed by atoms with Crippen LogP contribution in [0.5, 0.6) is 11.5 Å². The van der Waals surface area contributed by atoms with Gasteiger partial charge in [0, 0.05) is 45.5 Å². The molecule has 6 aromatic carbocycles. The van der Waals surface area contributed by atoms with E-state index >= 15 is 0 Å². The predicted molar refractivity (Wildman–Crippen MR) is 315 cm³/mol. The summed E-state index contributed by atoms with van der Waals surface area (Å²) < 4.78 is 12.5. The van der Waals surface area contributed by atoms with Crippen LogP contribution in [0.2, 0.25) is 0 Å². The molecular formula is C70H82N2O4. The second-order valence-corrected chi connectivity index (χ2v) is 20.7. The first-order chi connectivity index (χ1) is 37.5. The molecule has 0 bridgehead atoms. The average Bonchev–Trinajstić information content (AvgIpc) is 3.57. The third kappa shape index (κ3) is 18.7. The van der Waals surface area contributed by atoms with E-state index in [2.05, 4.69) is 48.2 Å². The second-order valence-electron chi connectivity index (χ2n) is 20.7. The molecule has 0 heterocycles. The van der Waals surface area contributed by atoms with Gasteiger partial charge in [-0.25, -0.2) is 0 Å². The lowest BCUT2D eigenvalue weighted by molar-refractivity contribution is -0.134. The molecule has 0 radical (unpaired) electrons. The molecular weight excluding hydrogens is 933 g/mol. The van der Waals surface area contributed by atoms with Crippen molar-refractivity contribution in [2.45, 2.75) is 154 Å². The van der Waals surface area contributed by atoms with Gasteiger partial charge in [-0.15, -0.1) is 0 Å². The smallest absolute Gasteiger partial charge is 0.228 e. The molecule has 6 nitrogen and oxygen atoms in total. The summed E-state index contributed by atoms with van der Waals surface area (Å²) >= 11 is 0. The van der Waals surface area contributed by atoms with Crippen LogP contribution in [0.25, 0.3) is 0 Å². The van der Waals surface area contributed by atoms with Gasteiger partial charge in [-0.1, -0.05) is 214 Å². The van der Waals surface area contributed by atoms with E-state index in [1.807, 2.05) is 158 Å². The molecule has 0 aromatic heterocycles. The number of hydrogen-bond acceptors (Lipinski definition) is 4. The Hall–Kier alpha value is -7.02. The number of carbonyl (C=O) groups is 2. The number of anilines is 2. The summed E-state index contributed by atoms with van der Waals surface area (Å²) in [5.41, 5.74) is 6.74. The van der Waals surface area contributed by atoms with E-state index < -0.39 is 23.7 Å². The number of amides is 2. The lowest BCUT2D eigenvalue weighted by Crippen LogP contribution is -2.53. The maximum absolute atomic E-state index is 14.9. The van der Waals surface area contributed by atoms with Gasteiger partial charge in [0.15, 0.2) is 0 Å². The summed E-state index contributed by atoms with van der Waals surface area (Å²) in [4.78, 5) is 29.9. The number of benzene rings is 6. The Morgan fingerprint density at radius 1 is 0.355 bits per heavy atom. The van der Waals surface area contributed by atoms with Gasteiger partial charge in [-0.3, -0.25) is 9.59 Å². The summed E-state index contributed by atoms with van der Waals surface area (Å²) in [5, 5.41) is 6.51. The molecule has 2 amide bonds. The quantitative estimate of drug-likeness (QED) is 0.0348. The molecule has 76 heavy (non-hydrogen) atoms. The Balaban J connectivity index is 1.08. The molecule has 0 aliphatic heterocycles. The van der Waals surface area contributed by atoms with E-state index in [0.29, 0.717) is 24.6 Å². The van der Waals surface area contributed by atoms with Crippen LogP contribution in [0.4, 0.5) is 11.4 Å². The molecule has 1 saturated carbocycles. The maximum Gasteiger partial charge on any atom is 0.228 e. The Kier molecular flexibility index (Phi) is 24.2.